The largest absolute Gasteiger partial charge is 0.303 e. The summed E-state index contributed by atoms with van der Waals surface area (Å²) in [5.41, 5.74) is 3.27. The van der Waals surface area contributed by atoms with Gasteiger partial charge >= 0.3 is 0 Å². The smallest absolute Gasteiger partial charge is 0.120 e. The van der Waals surface area contributed by atoms with Crippen LogP contribution in [0.15, 0.2) is 48.7 Å². The van der Waals surface area contributed by atoms with E-state index in [0.29, 0.717) is 6.42 Å². The lowest BCUT2D eigenvalue weighted by Gasteiger charge is -2.02. The van der Waals surface area contributed by atoms with Crippen molar-refractivity contribution < 1.29 is 4.79 Å². The van der Waals surface area contributed by atoms with E-state index in [4.69, 9.17) is 0 Å². The topological polar surface area (TPSA) is 30.0 Å². The van der Waals surface area contributed by atoms with Crippen LogP contribution in [0.5, 0.6) is 0 Å². The third kappa shape index (κ3) is 2.54. The molecule has 0 bridgehead atoms. The van der Waals surface area contributed by atoms with Crippen LogP contribution in [0.4, 0.5) is 0 Å². The number of nitrogens with zero attached hydrogens (tertiary/aromatic N) is 1. The number of pyridine rings is 1. The van der Waals surface area contributed by atoms with E-state index in [1.807, 2.05) is 42.5 Å². The number of carbonyl (C=O) groups excluding carboxylic acids is 1. The Bertz CT molecular complexity index is 448. The van der Waals surface area contributed by atoms with E-state index in [9.17, 15) is 4.79 Å². The minimum atomic E-state index is 0.586. The van der Waals surface area contributed by atoms with E-state index < -0.39 is 0 Å². The maximum absolute atomic E-state index is 10.3. The Morgan fingerprint density at radius 1 is 1.06 bits per heavy atom. The Morgan fingerprint density at radius 2 is 1.88 bits per heavy atom. The fraction of sp³-hybridized carbons (Fsp3) is 0.143. The van der Waals surface area contributed by atoms with Gasteiger partial charge in [0.25, 0.3) is 0 Å². The molecular weight excluding hydrogens is 198 g/mol. The summed E-state index contributed by atoms with van der Waals surface area (Å²) in [7, 11) is 0. The van der Waals surface area contributed by atoms with Crippen LogP contribution in [0.3, 0.4) is 0 Å². The van der Waals surface area contributed by atoms with Crippen molar-refractivity contribution >= 4 is 6.29 Å². The van der Waals surface area contributed by atoms with E-state index in [1.54, 1.807) is 6.20 Å². The molecule has 80 valence electrons. The second-order valence-corrected chi connectivity index (χ2v) is 3.62. The Balaban J connectivity index is 2.16. The average Bonchev–Trinajstić information content (AvgIpc) is 2.38. The average molecular weight is 211 g/mol. The molecule has 1 aromatic heterocycles. The maximum atomic E-state index is 10.3. The van der Waals surface area contributed by atoms with E-state index in [0.717, 1.165) is 24.0 Å². The lowest BCUT2D eigenvalue weighted by molar-refractivity contribution is -0.107. The molecule has 0 aliphatic rings. The Morgan fingerprint density at radius 3 is 2.50 bits per heavy atom. The fourth-order valence-corrected chi connectivity index (χ4v) is 1.60. The highest BCUT2D eigenvalue weighted by molar-refractivity contribution is 5.59. The molecule has 0 fully saturated rings. The molecule has 1 heterocycles. The molecule has 16 heavy (non-hydrogen) atoms. The van der Waals surface area contributed by atoms with Gasteiger partial charge in [-0.1, -0.05) is 30.3 Å². The highest BCUT2D eigenvalue weighted by Gasteiger charge is 1.98. The summed E-state index contributed by atoms with van der Waals surface area (Å²) >= 11 is 0. The van der Waals surface area contributed by atoms with Crippen molar-refractivity contribution in [2.75, 3.05) is 0 Å². The van der Waals surface area contributed by atoms with Crippen molar-refractivity contribution in [3.63, 3.8) is 0 Å². The predicted molar refractivity (Wildman–Crippen MR) is 64.1 cm³/mol. The number of rotatable bonds is 4. The molecule has 0 atom stereocenters. The zero-order valence-electron chi connectivity index (χ0n) is 8.97. The summed E-state index contributed by atoms with van der Waals surface area (Å²) in [6.07, 6.45) is 4.14. The highest BCUT2D eigenvalue weighted by atomic mass is 16.1. The summed E-state index contributed by atoms with van der Waals surface area (Å²) in [5, 5.41) is 0. The summed E-state index contributed by atoms with van der Waals surface area (Å²) in [5.74, 6) is 0. The molecule has 0 aliphatic heterocycles. The predicted octanol–water partition coefficient (Wildman–Crippen LogP) is 2.88. The number of hydrogen-bond acceptors (Lipinski definition) is 2. The zero-order valence-corrected chi connectivity index (χ0v) is 8.97. The van der Waals surface area contributed by atoms with Gasteiger partial charge in [-0.3, -0.25) is 4.98 Å². The van der Waals surface area contributed by atoms with Crippen LogP contribution >= 0.6 is 0 Å². The first kappa shape index (κ1) is 10.6. The number of aldehydes is 1. The summed E-state index contributed by atoms with van der Waals surface area (Å²) < 4.78 is 0. The van der Waals surface area contributed by atoms with Gasteiger partial charge in [0.05, 0.1) is 5.69 Å². The number of benzene rings is 1. The van der Waals surface area contributed by atoms with Crippen LogP contribution in [-0.4, -0.2) is 11.3 Å². The first-order valence-electron chi connectivity index (χ1n) is 5.34. The van der Waals surface area contributed by atoms with Crippen molar-refractivity contribution in [1.82, 2.24) is 4.98 Å². The number of hydrogen-bond donors (Lipinski definition) is 0. The Kier molecular flexibility index (Phi) is 3.44. The van der Waals surface area contributed by atoms with Gasteiger partial charge in [-0.25, -0.2) is 0 Å². The Labute approximate surface area is 95.0 Å². The quantitative estimate of drug-likeness (QED) is 0.728. The number of aryl methyl sites for hydroxylation is 1. The lowest BCUT2D eigenvalue weighted by atomic mass is 10.1. The van der Waals surface area contributed by atoms with Crippen molar-refractivity contribution in [2.45, 2.75) is 12.8 Å². The van der Waals surface area contributed by atoms with Crippen LogP contribution < -0.4 is 0 Å². The molecule has 1 aromatic carbocycles. The van der Waals surface area contributed by atoms with Gasteiger partial charge in [0.1, 0.15) is 6.29 Å². The summed E-state index contributed by atoms with van der Waals surface area (Å²) in [6, 6.07) is 14.1. The molecular formula is C14H13NO. The molecule has 0 radical (unpaired) electrons. The second-order valence-electron chi connectivity index (χ2n) is 3.62. The maximum Gasteiger partial charge on any atom is 0.120 e. The molecule has 0 spiro atoms. The third-order valence-corrected chi connectivity index (χ3v) is 2.47. The molecule has 2 heteroatoms. The second kappa shape index (κ2) is 5.21. The van der Waals surface area contributed by atoms with Crippen LogP contribution in [0.25, 0.3) is 11.3 Å². The molecule has 2 nitrogen and oxygen atoms in total. The minimum Gasteiger partial charge on any atom is -0.303 e. The normalized spacial score (nSPS) is 10.0. The van der Waals surface area contributed by atoms with Gasteiger partial charge in [-0.05, 0) is 24.1 Å². The molecule has 0 amide bonds. The van der Waals surface area contributed by atoms with Crippen molar-refractivity contribution in [3.8, 4) is 11.3 Å². The molecule has 2 rings (SSSR count). The van der Waals surface area contributed by atoms with Crippen LogP contribution in [0.1, 0.15) is 12.0 Å². The number of carbonyl (C=O) groups is 1. The van der Waals surface area contributed by atoms with E-state index >= 15 is 0 Å². The summed E-state index contributed by atoms with van der Waals surface area (Å²) in [4.78, 5) is 14.5. The van der Waals surface area contributed by atoms with Crippen LogP contribution in [0.2, 0.25) is 0 Å². The van der Waals surface area contributed by atoms with Crippen LogP contribution in [0, 0.1) is 0 Å². The van der Waals surface area contributed by atoms with Crippen molar-refractivity contribution in [3.05, 3.63) is 54.2 Å². The molecule has 0 N–H and O–H groups in total. The van der Waals surface area contributed by atoms with Gasteiger partial charge in [0.15, 0.2) is 0 Å². The molecule has 2 aromatic rings. The van der Waals surface area contributed by atoms with Gasteiger partial charge in [-0.15, -0.1) is 0 Å². The molecule has 0 saturated carbocycles. The lowest BCUT2D eigenvalue weighted by Crippen LogP contribution is -1.87. The SMILES string of the molecule is O=CCCc1ccc(-c2ccccn2)cc1. The molecule has 0 unspecified atom stereocenters. The first-order valence-corrected chi connectivity index (χ1v) is 5.34. The van der Waals surface area contributed by atoms with E-state index in [1.165, 1.54) is 5.56 Å². The van der Waals surface area contributed by atoms with Gasteiger partial charge < -0.3 is 4.79 Å². The van der Waals surface area contributed by atoms with E-state index in [2.05, 4.69) is 4.98 Å². The fourth-order valence-electron chi connectivity index (χ4n) is 1.60. The highest BCUT2D eigenvalue weighted by Crippen LogP contribution is 2.17. The molecule has 0 saturated heterocycles. The van der Waals surface area contributed by atoms with Crippen LogP contribution in [-0.2, 0) is 11.2 Å². The van der Waals surface area contributed by atoms with Crippen molar-refractivity contribution in [2.24, 2.45) is 0 Å². The molecule has 0 aliphatic carbocycles. The first-order chi connectivity index (χ1) is 7.90. The van der Waals surface area contributed by atoms with Gasteiger partial charge in [0.2, 0.25) is 0 Å². The monoisotopic (exact) mass is 211 g/mol. The minimum absolute atomic E-state index is 0.586. The summed E-state index contributed by atoms with van der Waals surface area (Å²) in [6.45, 7) is 0. The zero-order chi connectivity index (χ0) is 11.2. The third-order valence-electron chi connectivity index (χ3n) is 2.47. The van der Waals surface area contributed by atoms with Gasteiger partial charge in [0, 0.05) is 18.2 Å². The van der Waals surface area contributed by atoms with Gasteiger partial charge in [-0.2, -0.15) is 0 Å². The van der Waals surface area contributed by atoms with E-state index in [-0.39, 0.29) is 0 Å². The number of aromatic nitrogens is 1. The standard InChI is InChI=1S/C14H13NO/c16-11-3-4-12-6-8-13(9-7-12)14-5-1-2-10-15-14/h1-2,5-11H,3-4H2. The Hall–Kier alpha value is -1.96. The van der Waals surface area contributed by atoms with Crippen molar-refractivity contribution in [1.29, 1.82) is 0 Å².